The van der Waals surface area contributed by atoms with E-state index in [1.807, 2.05) is 0 Å². The van der Waals surface area contributed by atoms with E-state index in [2.05, 4.69) is 22.6 Å². The van der Waals surface area contributed by atoms with Gasteiger partial charge in [0, 0.05) is 25.1 Å². The Morgan fingerprint density at radius 3 is 2.88 bits per heavy atom. The third kappa shape index (κ3) is 2.53. The summed E-state index contributed by atoms with van der Waals surface area (Å²) in [5.74, 6) is 0. The van der Waals surface area contributed by atoms with Crippen molar-refractivity contribution in [3.63, 3.8) is 0 Å². The molecule has 16 heavy (non-hydrogen) atoms. The van der Waals surface area contributed by atoms with E-state index < -0.39 is 0 Å². The molecule has 0 saturated carbocycles. The zero-order chi connectivity index (χ0) is 11.4. The monoisotopic (exact) mass is 241 g/mol. The zero-order valence-electron chi connectivity index (χ0n) is 9.66. The summed E-state index contributed by atoms with van der Waals surface area (Å²) >= 11 is 1.66. The van der Waals surface area contributed by atoms with Crippen LogP contribution in [0.5, 0.6) is 0 Å². The van der Waals surface area contributed by atoms with E-state index in [4.69, 9.17) is 10.5 Å². The number of hydrogen-bond acceptors (Lipinski definition) is 5. The molecule has 0 atom stereocenters. The minimum Gasteiger partial charge on any atom is -0.381 e. The van der Waals surface area contributed by atoms with Crippen LogP contribution in [0.25, 0.3) is 0 Å². The number of aryl methyl sites for hydroxylation is 1. The summed E-state index contributed by atoms with van der Waals surface area (Å²) in [4.78, 5) is 4.53. The normalized spacial score (nSPS) is 19.6. The zero-order valence-corrected chi connectivity index (χ0v) is 10.5. The third-order valence-electron chi connectivity index (χ3n) is 3.13. The molecule has 1 fully saturated rings. The molecule has 1 aliphatic rings. The Kier molecular flexibility index (Phi) is 3.78. The lowest BCUT2D eigenvalue weighted by Gasteiger charge is -2.36. The Bertz CT molecular complexity index is 334. The number of nitrogens with zero attached hydrogens (tertiary/aromatic N) is 1. The summed E-state index contributed by atoms with van der Waals surface area (Å²) in [5, 5.41) is 6.59. The maximum atomic E-state index is 5.88. The summed E-state index contributed by atoms with van der Waals surface area (Å²) in [6.45, 7) is 4.33. The van der Waals surface area contributed by atoms with E-state index in [0.29, 0.717) is 6.54 Å². The van der Waals surface area contributed by atoms with Gasteiger partial charge in [0.1, 0.15) is 0 Å². The molecule has 0 aliphatic carbocycles. The molecule has 0 bridgehead atoms. The van der Waals surface area contributed by atoms with Crippen LogP contribution in [0.2, 0.25) is 0 Å². The SMILES string of the molecule is CCc1csc(NC2(CN)CCOCC2)n1. The molecule has 2 rings (SSSR count). The van der Waals surface area contributed by atoms with Crippen molar-refractivity contribution in [2.45, 2.75) is 31.7 Å². The quantitative estimate of drug-likeness (QED) is 0.841. The van der Waals surface area contributed by atoms with Gasteiger partial charge in [0.2, 0.25) is 0 Å². The summed E-state index contributed by atoms with van der Waals surface area (Å²) in [5.41, 5.74) is 7.02. The number of hydrogen-bond donors (Lipinski definition) is 2. The van der Waals surface area contributed by atoms with Crippen LogP contribution in [0.3, 0.4) is 0 Å². The Labute approximate surface area is 100 Å². The molecule has 0 unspecified atom stereocenters. The predicted molar refractivity (Wildman–Crippen MR) is 67.0 cm³/mol. The Morgan fingerprint density at radius 1 is 1.56 bits per heavy atom. The lowest BCUT2D eigenvalue weighted by molar-refractivity contribution is 0.0628. The molecule has 1 aliphatic heterocycles. The Hall–Kier alpha value is -0.650. The molecule has 5 heteroatoms. The van der Waals surface area contributed by atoms with Gasteiger partial charge in [0.25, 0.3) is 0 Å². The van der Waals surface area contributed by atoms with Crippen molar-refractivity contribution >= 4 is 16.5 Å². The van der Waals surface area contributed by atoms with Crippen LogP contribution >= 0.6 is 11.3 Å². The van der Waals surface area contributed by atoms with E-state index in [-0.39, 0.29) is 5.54 Å². The average molecular weight is 241 g/mol. The highest BCUT2D eigenvalue weighted by molar-refractivity contribution is 7.13. The van der Waals surface area contributed by atoms with Gasteiger partial charge in [-0.2, -0.15) is 0 Å². The van der Waals surface area contributed by atoms with Crippen molar-refractivity contribution < 1.29 is 4.74 Å². The number of anilines is 1. The Morgan fingerprint density at radius 2 is 2.31 bits per heavy atom. The van der Waals surface area contributed by atoms with Crippen LogP contribution in [-0.4, -0.2) is 30.3 Å². The first kappa shape index (κ1) is 11.8. The average Bonchev–Trinajstić information content (AvgIpc) is 2.78. The van der Waals surface area contributed by atoms with Crippen LogP contribution in [0.1, 0.15) is 25.5 Å². The Balaban J connectivity index is 2.05. The van der Waals surface area contributed by atoms with E-state index >= 15 is 0 Å². The van der Waals surface area contributed by atoms with Crippen LogP contribution in [-0.2, 0) is 11.2 Å². The molecule has 1 aromatic heterocycles. The first-order valence-electron chi connectivity index (χ1n) is 5.78. The van der Waals surface area contributed by atoms with E-state index in [9.17, 15) is 0 Å². The van der Waals surface area contributed by atoms with Crippen LogP contribution in [0.15, 0.2) is 5.38 Å². The fourth-order valence-corrected chi connectivity index (χ4v) is 2.81. The van der Waals surface area contributed by atoms with Gasteiger partial charge in [0.05, 0.1) is 11.2 Å². The van der Waals surface area contributed by atoms with Gasteiger partial charge < -0.3 is 15.8 Å². The van der Waals surface area contributed by atoms with Crippen LogP contribution in [0.4, 0.5) is 5.13 Å². The molecular weight excluding hydrogens is 222 g/mol. The smallest absolute Gasteiger partial charge is 0.183 e. The van der Waals surface area contributed by atoms with Gasteiger partial charge in [-0.05, 0) is 19.3 Å². The van der Waals surface area contributed by atoms with Gasteiger partial charge in [-0.15, -0.1) is 11.3 Å². The molecule has 0 spiro atoms. The van der Waals surface area contributed by atoms with Gasteiger partial charge in [-0.1, -0.05) is 6.92 Å². The highest BCUT2D eigenvalue weighted by atomic mass is 32.1. The lowest BCUT2D eigenvalue weighted by atomic mass is 9.90. The van der Waals surface area contributed by atoms with Gasteiger partial charge in [0.15, 0.2) is 5.13 Å². The minimum atomic E-state index is -0.0128. The number of thiazole rings is 1. The number of nitrogens with two attached hydrogens (primary N) is 1. The highest BCUT2D eigenvalue weighted by Crippen LogP contribution is 2.27. The molecular formula is C11H19N3OS. The lowest BCUT2D eigenvalue weighted by Crippen LogP contribution is -2.49. The van der Waals surface area contributed by atoms with Crippen molar-refractivity contribution in [3.8, 4) is 0 Å². The van der Waals surface area contributed by atoms with Crippen molar-refractivity contribution in [2.75, 3.05) is 25.1 Å². The fraction of sp³-hybridized carbons (Fsp3) is 0.727. The van der Waals surface area contributed by atoms with E-state index in [1.54, 1.807) is 11.3 Å². The molecule has 90 valence electrons. The summed E-state index contributed by atoms with van der Waals surface area (Å²) in [6, 6.07) is 0. The molecule has 1 saturated heterocycles. The maximum absolute atomic E-state index is 5.88. The molecule has 4 nitrogen and oxygen atoms in total. The fourth-order valence-electron chi connectivity index (χ4n) is 1.90. The molecule has 1 aromatic rings. The second-order valence-corrected chi connectivity index (χ2v) is 5.08. The predicted octanol–water partition coefficient (Wildman–Crippen LogP) is 1.63. The summed E-state index contributed by atoms with van der Waals surface area (Å²) in [7, 11) is 0. The maximum Gasteiger partial charge on any atom is 0.183 e. The number of rotatable bonds is 4. The first-order valence-corrected chi connectivity index (χ1v) is 6.66. The number of ether oxygens (including phenoxy) is 1. The van der Waals surface area contributed by atoms with Crippen LogP contribution < -0.4 is 11.1 Å². The molecule has 2 heterocycles. The highest BCUT2D eigenvalue weighted by Gasteiger charge is 2.31. The summed E-state index contributed by atoms with van der Waals surface area (Å²) in [6.07, 6.45) is 2.91. The number of aromatic nitrogens is 1. The second-order valence-electron chi connectivity index (χ2n) is 4.22. The van der Waals surface area contributed by atoms with Crippen molar-refractivity contribution in [1.29, 1.82) is 0 Å². The molecule has 3 N–H and O–H groups in total. The molecule has 0 radical (unpaired) electrons. The van der Waals surface area contributed by atoms with E-state index in [0.717, 1.165) is 43.3 Å². The summed E-state index contributed by atoms with van der Waals surface area (Å²) < 4.78 is 5.38. The van der Waals surface area contributed by atoms with Crippen molar-refractivity contribution in [3.05, 3.63) is 11.1 Å². The van der Waals surface area contributed by atoms with Gasteiger partial charge >= 0.3 is 0 Å². The first-order chi connectivity index (χ1) is 7.78. The van der Waals surface area contributed by atoms with Gasteiger partial charge in [-0.25, -0.2) is 4.98 Å². The van der Waals surface area contributed by atoms with Crippen molar-refractivity contribution in [1.82, 2.24) is 4.98 Å². The topological polar surface area (TPSA) is 60.2 Å². The van der Waals surface area contributed by atoms with Crippen LogP contribution in [0, 0.1) is 0 Å². The second kappa shape index (κ2) is 5.12. The van der Waals surface area contributed by atoms with E-state index in [1.165, 1.54) is 0 Å². The third-order valence-corrected chi connectivity index (χ3v) is 3.93. The van der Waals surface area contributed by atoms with Crippen molar-refractivity contribution in [2.24, 2.45) is 5.73 Å². The standard InChI is InChI=1S/C11H19N3OS/c1-2-9-7-16-10(13-9)14-11(8-12)3-5-15-6-4-11/h7H,2-6,8,12H2,1H3,(H,13,14). The minimum absolute atomic E-state index is 0.0128. The number of nitrogens with one attached hydrogen (secondary N) is 1. The molecule has 0 amide bonds. The largest absolute Gasteiger partial charge is 0.381 e. The molecule has 0 aromatic carbocycles. The van der Waals surface area contributed by atoms with Gasteiger partial charge in [-0.3, -0.25) is 0 Å².